The number of alkyl halides is 2. The molecule has 3 amide bonds. The fourth-order valence-electron chi connectivity index (χ4n) is 7.01. The van der Waals surface area contributed by atoms with E-state index in [1.807, 2.05) is 6.07 Å². The van der Waals surface area contributed by atoms with Gasteiger partial charge >= 0.3 is 0 Å². The molecular weight excluding hydrogens is 506 g/mol. The van der Waals surface area contributed by atoms with Gasteiger partial charge in [-0.15, -0.1) is 0 Å². The number of carbonyl (C=O) groups is 3. The molecule has 0 aromatic heterocycles. The fourth-order valence-corrected chi connectivity index (χ4v) is 7.01. The maximum Gasteiger partial charge on any atom is 0.264 e. The molecule has 0 spiro atoms. The molecule has 202 valence electrons. The highest BCUT2D eigenvalue weighted by molar-refractivity contribution is 6.01. The van der Waals surface area contributed by atoms with Crippen molar-refractivity contribution in [3.63, 3.8) is 0 Å². The Morgan fingerprint density at radius 2 is 1.77 bits per heavy atom. The Hall–Kier alpha value is -3.84. The second-order valence-electron chi connectivity index (χ2n) is 11.0. The third-order valence-corrected chi connectivity index (χ3v) is 8.92. The summed E-state index contributed by atoms with van der Waals surface area (Å²) in [5.74, 6) is -7.33. The number of fused-ring (bicyclic) bond motifs is 4. The number of benzene rings is 2. The summed E-state index contributed by atoms with van der Waals surface area (Å²) >= 11 is 0. The van der Waals surface area contributed by atoms with Gasteiger partial charge in [0.25, 0.3) is 11.8 Å². The summed E-state index contributed by atoms with van der Waals surface area (Å²) in [5.41, 5.74) is -0.165. The average molecular weight is 535 g/mol. The molecule has 2 aromatic carbocycles. The molecule has 10 heteroatoms. The van der Waals surface area contributed by atoms with Crippen LogP contribution < -0.4 is 10.6 Å². The Bertz CT molecular complexity index is 1360. The molecule has 6 rings (SSSR count). The third-order valence-electron chi connectivity index (χ3n) is 8.92. The van der Waals surface area contributed by atoms with Gasteiger partial charge in [-0.05, 0) is 36.3 Å². The SMILES string of the molecule is N#C[C@H](C[C@@H]1CCNC1=O)NC(=O)[C@@H]1[C@@H]2CCC(F)(F)[C@@H]2CN1C(=O)C1(O)c2ccccc2-c2ccccc21. The van der Waals surface area contributed by atoms with Crippen LogP contribution in [-0.4, -0.2) is 58.8 Å². The van der Waals surface area contributed by atoms with Crippen LogP contribution in [-0.2, 0) is 20.0 Å². The van der Waals surface area contributed by atoms with Crippen LogP contribution in [0.25, 0.3) is 11.1 Å². The van der Waals surface area contributed by atoms with E-state index in [0.29, 0.717) is 35.2 Å². The molecule has 4 aliphatic rings. The number of nitrogens with one attached hydrogen (secondary N) is 2. The highest BCUT2D eigenvalue weighted by Crippen LogP contribution is 2.54. The van der Waals surface area contributed by atoms with Crippen molar-refractivity contribution in [1.82, 2.24) is 15.5 Å². The van der Waals surface area contributed by atoms with Crippen LogP contribution >= 0.6 is 0 Å². The fraction of sp³-hybridized carbons (Fsp3) is 0.448. The number of rotatable bonds is 5. The second kappa shape index (κ2) is 9.12. The smallest absolute Gasteiger partial charge is 0.264 e. The zero-order valence-electron chi connectivity index (χ0n) is 21.1. The van der Waals surface area contributed by atoms with Gasteiger partial charge in [-0.1, -0.05) is 48.5 Å². The molecule has 3 N–H and O–H groups in total. The minimum Gasteiger partial charge on any atom is -0.372 e. The molecule has 2 aliphatic heterocycles. The Morgan fingerprint density at radius 3 is 2.36 bits per heavy atom. The van der Waals surface area contributed by atoms with Crippen molar-refractivity contribution in [1.29, 1.82) is 5.26 Å². The lowest BCUT2D eigenvalue weighted by Crippen LogP contribution is -2.55. The lowest BCUT2D eigenvalue weighted by atomic mass is 9.88. The van der Waals surface area contributed by atoms with E-state index in [1.165, 1.54) is 0 Å². The Kier molecular flexibility index (Phi) is 5.95. The van der Waals surface area contributed by atoms with Crippen LogP contribution in [0.4, 0.5) is 8.78 Å². The van der Waals surface area contributed by atoms with Gasteiger partial charge < -0.3 is 20.6 Å². The van der Waals surface area contributed by atoms with Crippen LogP contribution in [0.2, 0.25) is 0 Å². The van der Waals surface area contributed by atoms with Crippen molar-refractivity contribution < 1.29 is 28.3 Å². The van der Waals surface area contributed by atoms with Crippen molar-refractivity contribution in [3.8, 4) is 17.2 Å². The van der Waals surface area contributed by atoms with E-state index in [1.54, 1.807) is 48.5 Å². The molecule has 8 nitrogen and oxygen atoms in total. The Morgan fingerprint density at radius 1 is 1.13 bits per heavy atom. The molecule has 2 aromatic rings. The molecule has 2 saturated heterocycles. The quantitative estimate of drug-likeness (QED) is 0.544. The van der Waals surface area contributed by atoms with E-state index in [-0.39, 0.29) is 25.3 Å². The van der Waals surface area contributed by atoms with Crippen molar-refractivity contribution in [2.24, 2.45) is 17.8 Å². The van der Waals surface area contributed by atoms with Gasteiger partial charge in [0.2, 0.25) is 11.8 Å². The van der Waals surface area contributed by atoms with Gasteiger partial charge in [0, 0.05) is 42.5 Å². The summed E-state index contributed by atoms with van der Waals surface area (Å²) in [6.07, 6.45) is 0.259. The van der Waals surface area contributed by atoms with Crippen LogP contribution in [0.3, 0.4) is 0 Å². The van der Waals surface area contributed by atoms with Gasteiger partial charge in [-0.2, -0.15) is 5.26 Å². The number of hydrogen-bond acceptors (Lipinski definition) is 5. The number of halogens is 2. The summed E-state index contributed by atoms with van der Waals surface area (Å²) < 4.78 is 29.9. The molecule has 5 atom stereocenters. The lowest BCUT2D eigenvalue weighted by Gasteiger charge is -2.34. The zero-order chi connectivity index (χ0) is 27.5. The Labute approximate surface area is 224 Å². The maximum atomic E-state index is 14.9. The number of likely N-dealkylation sites (tertiary alicyclic amines) is 1. The predicted molar refractivity (Wildman–Crippen MR) is 135 cm³/mol. The summed E-state index contributed by atoms with van der Waals surface area (Å²) in [6, 6.07) is 13.5. The largest absolute Gasteiger partial charge is 0.372 e. The number of aliphatic hydroxyl groups is 1. The summed E-state index contributed by atoms with van der Waals surface area (Å²) in [6.45, 7) is 0.102. The molecule has 0 bridgehead atoms. The number of amides is 3. The number of nitriles is 1. The van der Waals surface area contributed by atoms with E-state index in [0.717, 1.165) is 4.90 Å². The summed E-state index contributed by atoms with van der Waals surface area (Å²) in [4.78, 5) is 41.0. The first kappa shape index (κ1) is 25.4. The van der Waals surface area contributed by atoms with Crippen LogP contribution in [0.15, 0.2) is 48.5 Å². The monoisotopic (exact) mass is 534 g/mol. The summed E-state index contributed by atoms with van der Waals surface area (Å²) in [7, 11) is 0. The second-order valence-corrected chi connectivity index (χ2v) is 11.0. The van der Waals surface area contributed by atoms with Crippen molar-refractivity contribution in [3.05, 3.63) is 59.7 Å². The number of hydrogen-bond donors (Lipinski definition) is 3. The molecule has 39 heavy (non-hydrogen) atoms. The van der Waals surface area contributed by atoms with Crippen LogP contribution in [0.5, 0.6) is 0 Å². The van der Waals surface area contributed by atoms with E-state index in [2.05, 4.69) is 10.6 Å². The first-order chi connectivity index (χ1) is 18.7. The van der Waals surface area contributed by atoms with E-state index in [9.17, 15) is 33.5 Å². The van der Waals surface area contributed by atoms with Crippen molar-refractivity contribution in [2.75, 3.05) is 13.1 Å². The highest BCUT2D eigenvalue weighted by atomic mass is 19.3. The normalized spacial score (nSPS) is 28.2. The molecule has 3 fully saturated rings. The first-order valence-electron chi connectivity index (χ1n) is 13.2. The van der Waals surface area contributed by atoms with Crippen molar-refractivity contribution in [2.45, 2.75) is 49.3 Å². The van der Waals surface area contributed by atoms with Gasteiger partial charge in [0.1, 0.15) is 12.1 Å². The van der Waals surface area contributed by atoms with E-state index in [4.69, 9.17) is 0 Å². The van der Waals surface area contributed by atoms with Gasteiger partial charge in [-0.25, -0.2) is 8.78 Å². The Balaban J connectivity index is 1.35. The molecular formula is C29H28F2N4O4. The average Bonchev–Trinajstić information content (AvgIpc) is 3.66. The lowest BCUT2D eigenvalue weighted by molar-refractivity contribution is -0.153. The number of nitrogens with zero attached hydrogens (tertiary/aromatic N) is 2. The van der Waals surface area contributed by atoms with Gasteiger partial charge in [0.05, 0.1) is 6.07 Å². The van der Waals surface area contributed by atoms with E-state index >= 15 is 0 Å². The van der Waals surface area contributed by atoms with E-state index < -0.39 is 59.6 Å². The molecule has 2 aliphatic carbocycles. The third kappa shape index (κ3) is 3.82. The molecule has 2 heterocycles. The van der Waals surface area contributed by atoms with Gasteiger partial charge in [-0.3, -0.25) is 14.4 Å². The maximum absolute atomic E-state index is 14.9. The minimum absolute atomic E-state index is 0.0351. The first-order valence-corrected chi connectivity index (χ1v) is 13.2. The zero-order valence-corrected chi connectivity index (χ0v) is 21.1. The minimum atomic E-state index is -3.07. The van der Waals surface area contributed by atoms with Gasteiger partial charge in [0.15, 0.2) is 5.60 Å². The topological polar surface area (TPSA) is 123 Å². The molecule has 0 radical (unpaired) electrons. The van der Waals surface area contributed by atoms with Crippen molar-refractivity contribution >= 4 is 17.7 Å². The van der Waals surface area contributed by atoms with Crippen LogP contribution in [0, 0.1) is 29.1 Å². The molecule has 0 unspecified atom stereocenters. The highest BCUT2D eigenvalue weighted by Gasteiger charge is 2.63. The predicted octanol–water partition coefficient (Wildman–Crippen LogP) is 2.31. The number of carbonyl (C=O) groups excluding carboxylic acids is 3. The standard InChI is InChI=1S/C29H28F2N4O4/c30-28(31)11-9-20-23(28)15-35(24(20)26(37)34-17(14-32)13-16-10-12-33-25(16)36)27(38)29(39)21-7-3-1-5-18(21)19-6-2-4-8-22(19)29/h1-8,16-17,20,23-24,39H,9-13,15H2,(H,33,36)(H,34,37)/t16-,17-,20+,23+,24-/m0/s1. The molecule has 1 saturated carbocycles. The van der Waals surface area contributed by atoms with Crippen LogP contribution in [0.1, 0.15) is 36.8 Å². The summed E-state index contributed by atoms with van der Waals surface area (Å²) in [5, 5.41) is 27.1.